The van der Waals surface area contributed by atoms with Crippen molar-refractivity contribution in [2.45, 2.75) is 25.7 Å². The van der Waals surface area contributed by atoms with E-state index < -0.39 is 0 Å². The molecule has 1 aromatic heterocycles. The van der Waals surface area contributed by atoms with Gasteiger partial charge < -0.3 is 9.42 Å². The van der Waals surface area contributed by atoms with Gasteiger partial charge in [0, 0.05) is 35.2 Å². The van der Waals surface area contributed by atoms with Crippen LogP contribution in [-0.4, -0.2) is 22.6 Å². The maximum Gasteiger partial charge on any atom is 0.257 e. The van der Waals surface area contributed by atoms with Crippen LogP contribution in [0.2, 0.25) is 5.02 Å². The van der Waals surface area contributed by atoms with Crippen LogP contribution >= 0.6 is 11.6 Å². The summed E-state index contributed by atoms with van der Waals surface area (Å²) < 4.78 is 5.38. The average molecular weight is 368 g/mol. The van der Waals surface area contributed by atoms with Gasteiger partial charge in [-0.05, 0) is 42.3 Å². The van der Waals surface area contributed by atoms with Gasteiger partial charge in [0.25, 0.3) is 5.89 Å². The van der Waals surface area contributed by atoms with Gasteiger partial charge in [0.15, 0.2) is 5.82 Å². The first-order valence-corrected chi connectivity index (χ1v) is 9.00. The number of rotatable bonds is 4. The van der Waals surface area contributed by atoms with E-state index in [9.17, 15) is 4.79 Å². The molecule has 132 valence electrons. The molecule has 0 radical (unpaired) electrons. The topological polar surface area (TPSA) is 59.2 Å². The lowest BCUT2D eigenvalue weighted by Crippen LogP contribution is -2.24. The van der Waals surface area contributed by atoms with E-state index in [0.29, 0.717) is 29.7 Å². The minimum absolute atomic E-state index is 0.0772. The molecule has 1 amide bonds. The van der Waals surface area contributed by atoms with Gasteiger partial charge in [0.1, 0.15) is 0 Å². The Balaban J connectivity index is 1.53. The molecule has 0 aliphatic carbocycles. The zero-order valence-corrected chi connectivity index (χ0v) is 15.1. The number of nitrogens with zero attached hydrogens (tertiary/aromatic N) is 3. The molecule has 1 aliphatic heterocycles. The standard InChI is InChI=1S/C20H18ClN3O2/c1-2-13-6-8-17(9-7-13)24-12-15(11-18(24)25)19-22-20(26-23-19)14-4-3-5-16(21)10-14/h3-10,15H,2,11-12H2,1H3/t15-/m0/s1. The SMILES string of the molecule is CCc1ccc(N2C[C@@H](c3noc(-c4cccc(Cl)c4)n3)CC2=O)cc1. The summed E-state index contributed by atoms with van der Waals surface area (Å²) in [5.41, 5.74) is 2.93. The van der Waals surface area contributed by atoms with Gasteiger partial charge in [-0.1, -0.05) is 41.9 Å². The van der Waals surface area contributed by atoms with Crippen molar-refractivity contribution in [2.24, 2.45) is 0 Å². The molecule has 0 N–H and O–H groups in total. The van der Waals surface area contributed by atoms with Crippen molar-refractivity contribution in [3.8, 4) is 11.5 Å². The van der Waals surface area contributed by atoms with Crippen LogP contribution in [-0.2, 0) is 11.2 Å². The largest absolute Gasteiger partial charge is 0.334 e. The van der Waals surface area contributed by atoms with E-state index in [-0.39, 0.29) is 11.8 Å². The first-order valence-electron chi connectivity index (χ1n) is 8.63. The fourth-order valence-electron chi connectivity index (χ4n) is 3.18. The molecule has 1 aliphatic rings. The number of aryl methyl sites for hydroxylation is 1. The summed E-state index contributed by atoms with van der Waals surface area (Å²) in [6.45, 7) is 2.67. The van der Waals surface area contributed by atoms with E-state index in [1.165, 1.54) is 5.56 Å². The maximum absolute atomic E-state index is 12.5. The Morgan fingerprint density at radius 1 is 1.23 bits per heavy atom. The normalized spacial score (nSPS) is 17.1. The van der Waals surface area contributed by atoms with Crippen LogP contribution in [0.15, 0.2) is 53.1 Å². The second-order valence-electron chi connectivity index (χ2n) is 6.39. The third kappa shape index (κ3) is 3.22. The molecule has 1 saturated heterocycles. The number of anilines is 1. The lowest BCUT2D eigenvalue weighted by Gasteiger charge is -2.16. The second-order valence-corrected chi connectivity index (χ2v) is 6.83. The third-order valence-corrected chi connectivity index (χ3v) is 4.89. The van der Waals surface area contributed by atoms with Gasteiger partial charge in [-0.3, -0.25) is 4.79 Å². The van der Waals surface area contributed by atoms with Gasteiger partial charge in [-0.25, -0.2) is 0 Å². The second kappa shape index (κ2) is 6.92. The van der Waals surface area contributed by atoms with Crippen LogP contribution in [0.5, 0.6) is 0 Å². The Bertz CT molecular complexity index is 936. The molecule has 0 saturated carbocycles. The summed E-state index contributed by atoms with van der Waals surface area (Å²) in [6.07, 6.45) is 1.36. The van der Waals surface area contributed by atoms with Gasteiger partial charge in [0.2, 0.25) is 5.91 Å². The van der Waals surface area contributed by atoms with Gasteiger partial charge >= 0.3 is 0 Å². The first-order chi connectivity index (χ1) is 12.6. The Hall–Kier alpha value is -2.66. The Kier molecular flexibility index (Phi) is 4.47. The summed E-state index contributed by atoms with van der Waals surface area (Å²) in [4.78, 5) is 18.7. The smallest absolute Gasteiger partial charge is 0.257 e. The van der Waals surface area contributed by atoms with Crippen LogP contribution in [0.25, 0.3) is 11.5 Å². The highest BCUT2D eigenvalue weighted by atomic mass is 35.5. The fourth-order valence-corrected chi connectivity index (χ4v) is 3.37. The van der Waals surface area contributed by atoms with Crippen molar-refractivity contribution >= 4 is 23.2 Å². The van der Waals surface area contributed by atoms with Crippen molar-refractivity contribution in [2.75, 3.05) is 11.4 Å². The zero-order valence-electron chi connectivity index (χ0n) is 14.4. The quantitative estimate of drug-likeness (QED) is 0.682. The number of halogens is 1. The molecule has 1 atom stereocenters. The Labute approximate surface area is 156 Å². The highest BCUT2D eigenvalue weighted by Crippen LogP contribution is 2.32. The van der Waals surface area contributed by atoms with Crippen LogP contribution in [0.3, 0.4) is 0 Å². The fraction of sp³-hybridized carbons (Fsp3) is 0.250. The molecule has 2 heterocycles. The molecular weight excluding hydrogens is 350 g/mol. The molecule has 0 unspecified atom stereocenters. The number of benzene rings is 2. The molecule has 2 aromatic carbocycles. The molecule has 3 aromatic rings. The first kappa shape index (κ1) is 16.8. The average Bonchev–Trinajstić information content (AvgIpc) is 3.29. The molecule has 4 rings (SSSR count). The summed E-state index contributed by atoms with van der Waals surface area (Å²) in [5, 5.41) is 4.70. The third-order valence-electron chi connectivity index (χ3n) is 4.66. The van der Waals surface area contributed by atoms with Crippen molar-refractivity contribution in [3.05, 3.63) is 64.9 Å². The lowest BCUT2D eigenvalue weighted by molar-refractivity contribution is -0.117. The molecule has 5 nitrogen and oxygen atoms in total. The lowest BCUT2D eigenvalue weighted by atomic mass is 10.1. The minimum atomic E-state index is -0.0787. The number of carbonyl (C=O) groups excluding carboxylic acids is 1. The summed E-state index contributed by atoms with van der Waals surface area (Å²) in [5.74, 6) is 0.972. The van der Waals surface area contributed by atoms with Crippen LogP contribution in [0.1, 0.15) is 30.7 Å². The van der Waals surface area contributed by atoms with E-state index >= 15 is 0 Å². The van der Waals surface area contributed by atoms with E-state index in [1.54, 1.807) is 17.0 Å². The molecule has 0 bridgehead atoms. The summed E-state index contributed by atoms with van der Waals surface area (Å²) in [7, 11) is 0. The molecule has 26 heavy (non-hydrogen) atoms. The Morgan fingerprint density at radius 3 is 2.77 bits per heavy atom. The highest BCUT2D eigenvalue weighted by Gasteiger charge is 2.34. The van der Waals surface area contributed by atoms with Crippen LogP contribution in [0.4, 0.5) is 5.69 Å². The predicted molar refractivity (Wildman–Crippen MR) is 100 cm³/mol. The van der Waals surface area contributed by atoms with E-state index in [1.807, 2.05) is 24.3 Å². The van der Waals surface area contributed by atoms with Crippen molar-refractivity contribution in [1.29, 1.82) is 0 Å². The van der Waals surface area contributed by atoms with Gasteiger partial charge in [0.05, 0.1) is 0 Å². The summed E-state index contributed by atoms with van der Waals surface area (Å²) in [6, 6.07) is 15.4. The highest BCUT2D eigenvalue weighted by molar-refractivity contribution is 6.30. The Morgan fingerprint density at radius 2 is 2.04 bits per heavy atom. The number of carbonyl (C=O) groups is 1. The zero-order chi connectivity index (χ0) is 18.1. The van der Waals surface area contributed by atoms with Crippen LogP contribution in [0, 0.1) is 0 Å². The van der Waals surface area contributed by atoms with Crippen molar-refractivity contribution < 1.29 is 9.32 Å². The maximum atomic E-state index is 12.5. The van der Waals surface area contributed by atoms with Gasteiger partial charge in [-0.2, -0.15) is 4.98 Å². The van der Waals surface area contributed by atoms with E-state index in [0.717, 1.165) is 17.7 Å². The number of aromatic nitrogens is 2. The molecule has 0 spiro atoms. The predicted octanol–water partition coefficient (Wildman–Crippen LogP) is 4.47. The van der Waals surface area contributed by atoms with Gasteiger partial charge in [-0.15, -0.1) is 0 Å². The van der Waals surface area contributed by atoms with E-state index in [4.69, 9.17) is 16.1 Å². The number of hydrogen-bond acceptors (Lipinski definition) is 4. The van der Waals surface area contributed by atoms with Crippen molar-refractivity contribution in [1.82, 2.24) is 10.1 Å². The molecular formula is C20H18ClN3O2. The number of amides is 1. The monoisotopic (exact) mass is 367 g/mol. The molecule has 1 fully saturated rings. The van der Waals surface area contributed by atoms with E-state index in [2.05, 4.69) is 29.2 Å². The number of hydrogen-bond donors (Lipinski definition) is 0. The summed E-state index contributed by atoms with van der Waals surface area (Å²) >= 11 is 6.02. The van der Waals surface area contributed by atoms with Crippen LogP contribution < -0.4 is 4.90 Å². The molecule has 6 heteroatoms. The van der Waals surface area contributed by atoms with Crippen molar-refractivity contribution in [3.63, 3.8) is 0 Å². The minimum Gasteiger partial charge on any atom is -0.334 e.